The number of benzene rings is 2. The standard InChI is InChI=1S/C25H32O9S/c1-5-7-13-32-23-16-19(17-24(25(26)27)31-6-2)9-10-20(23)33-14-12-18-8-11-21(22(15-18)30-3)34-35(4,28)29/h8-11,15-17H,5-7,12-14H2,1-4H3,(H,26,27). The topological polar surface area (TPSA) is 118 Å². The van der Waals surface area contributed by atoms with Crippen molar-refractivity contribution in [2.24, 2.45) is 0 Å². The number of carboxylic acid groups (broad SMARTS) is 1. The van der Waals surface area contributed by atoms with Crippen LogP contribution in [-0.2, 0) is 26.1 Å². The third kappa shape index (κ3) is 9.40. The highest BCUT2D eigenvalue weighted by atomic mass is 32.2. The molecule has 0 fully saturated rings. The zero-order chi connectivity index (χ0) is 25.8. The molecule has 0 bridgehead atoms. The van der Waals surface area contributed by atoms with E-state index in [0.717, 1.165) is 24.7 Å². The number of carbonyl (C=O) groups is 1. The average molecular weight is 509 g/mol. The summed E-state index contributed by atoms with van der Waals surface area (Å²) in [5.41, 5.74) is 1.47. The molecular formula is C25H32O9S. The molecule has 0 aromatic heterocycles. The van der Waals surface area contributed by atoms with Crippen LogP contribution in [0.3, 0.4) is 0 Å². The van der Waals surface area contributed by atoms with Crippen molar-refractivity contribution in [2.75, 3.05) is 33.2 Å². The van der Waals surface area contributed by atoms with Gasteiger partial charge in [-0.2, -0.15) is 8.42 Å². The fourth-order valence-electron chi connectivity index (χ4n) is 3.02. The summed E-state index contributed by atoms with van der Waals surface area (Å²) in [6, 6.07) is 10.1. The molecule has 0 aliphatic carbocycles. The number of rotatable bonds is 15. The summed E-state index contributed by atoms with van der Waals surface area (Å²) in [6.45, 7) is 4.83. The molecule has 0 spiro atoms. The van der Waals surface area contributed by atoms with E-state index < -0.39 is 16.1 Å². The fraction of sp³-hybridized carbons (Fsp3) is 0.400. The normalized spacial score (nSPS) is 11.6. The lowest BCUT2D eigenvalue weighted by Gasteiger charge is -2.14. The first kappa shape index (κ1) is 27.8. The summed E-state index contributed by atoms with van der Waals surface area (Å²) in [7, 11) is -2.24. The fourth-order valence-corrected chi connectivity index (χ4v) is 3.49. The average Bonchev–Trinajstić information content (AvgIpc) is 2.80. The second kappa shape index (κ2) is 13.5. The zero-order valence-corrected chi connectivity index (χ0v) is 21.2. The number of hydrogen-bond donors (Lipinski definition) is 1. The number of carboxylic acids is 1. The van der Waals surface area contributed by atoms with Gasteiger partial charge in [0, 0.05) is 6.42 Å². The molecule has 35 heavy (non-hydrogen) atoms. The van der Waals surface area contributed by atoms with Crippen LogP contribution in [0.25, 0.3) is 6.08 Å². The molecule has 0 aliphatic heterocycles. The van der Waals surface area contributed by atoms with Crippen molar-refractivity contribution in [2.45, 2.75) is 33.1 Å². The lowest BCUT2D eigenvalue weighted by Crippen LogP contribution is -2.08. The Bertz CT molecular complexity index is 1120. The number of hydrogen-bond acceptors (Lipinski definition) is 8. The molecule has 0 unspecified atom stereocenters. The first-order valence-electron chi connectivity index (χ1n) is 11.2. The maximum absolute atomic E-state index is 11.4. The van der Waals surface area contributed by atoms with Crippen molar-refractivity contribution in [3.63, 3.8) is 0 Å². The van der Waals surface area contributed by atoms with E-state index in [9.17, 15) is 18.3 Å². The van der Waals surface area contributed by atoms with Crippen molar-refractivity contribution in [1.82, 2.24) is 0 Å². The Morgan fingerprint density at radius 3 is 2.31 bits per heavy atom. The molecule has 192 valence electrons. The molecule has 0 atom stereocenters. The number of unbranched alkanes of at least 4 members (excludes halogenated alkanes) is 1. The van der Waals surface area contributed by atoms with E-state index in [0.29, 0.717) is 42.4 Å². The summed E-state index contributed by atoms with van der Waals surface area (Å²) in [6.07, 6.45) is 4.74. The minimum absolute atomic E-state index is 0.114. The quantitative estimate of drug-likeness (QED) is 0.163. The van der Waals surface area contributed by atoms with E-state index in [2.05, 4.69) is 6.92 Å². The molecule has 10 heteroatoms. The van der Waals surface area contributed by atoms with E-state index in [1.54, 1.807) is 37.3 Å². The van der Waals surface area contributed by atoms with Gasteiger partial charge in [-0.15, -0.1) is 0 Å². The van der Waals surface area contributed by atoms with Gasteiger partial charge in [0.25, 0.3) is 0 Å². The molecule has 9 nitrogen and oxygen atoms in total. The third-order valence-corrected chi connectivity index (χ3v) is 5.13. The Hall–Kier alpha value is -3.40. The van der Waals surface area contributed by atoms with Gasteiger partial charge in [-0.1, -0.05) is 25.5 Å². The van der Waals surface area contributed by atoms with Gasteiger partial charge in [-0.25, -0.2) is 4.79 Å². The maximum Gasteiger partial charge on any atom is 0.371 e. The molecule has 0 heterocycles. The molecule has 1 N–H and O–H groups in total. The van der Waals surface area contributed by atoms with Crippen molar-refractivity contribution in [1.29, 1.82) is 0 Å². The van der Waals surface area contributed by atoms with E-state index in [1.165, 1.54) is 19.3 Å². The first-order chi connectivity index (χ1) is 16.7. The molecule has 0 radical (unpaired) electrons. The molecule has 0 aliphatic rings. The van der Waals surface area contributed by atoms with Gasteiger partial charge >= 0.3 is 16.1 Å². The SMILES string of the molecule is CCCCOc1cc(C=C(OCC)C(=O)O)ccc1OCCc1ccc(OS(C)(=O)=O)c(OC)c1. The smallest absolute Gasteiger partial charge is 0.371 e. The minimum Gasteiger partial charge on any atom is -0.493 e. The Morgan fingerprint density at radius 1 is 0.971 bits per heavy atom. The van der Waals surface area contributed by atoms with Gasteiger partial charge < -0.3 is 28.2 Å². The van der Waals surface area contributed by atoms with Crippen LogP contribution < -0.4 is 18.4 Å². The maximum atomic E-state index is 11.4. The molecule has 0 saturated carbocycles. The van der Waals surface area contributed by atoms with Crippen LogP contribution in [0.5, 0.6) is 23.0 Å². The molecule has 2 aromatic rings. The van der Waals surface area contributed by atoms with Gasteiger partial charge in [0.1, 0.15) is 0 Å². The summed E-state index contributed by atoms with van der Waals surface area (Å²) in [5, 5.41) is 9.30. The largest absolute Gasteiger partial charge is 0.493 e. The van der Waals surface area contributed by atoms with Crippen LogP contribution in [0.4, 0.5) is 0 Å². The van der Waals surface area contributed by atoms with Crippen molar-refractivity contribution >= 4 is 22.2 Å². The van der Waals surface area contributed by atoms with Gasteiger partial charge in [0.2, 0.25) is 5.76 Å². The van der Waals surface area contributed by atoms with Gasteiger partial charge in [-0.05, 0) is 54.8 Å². The van der Waals surface area contributed by atoms with Crippen molar-refractivity contribution in [3.05, 3.63) is 53.3 Å². The third-order valence-electron chi connectivity index (χ3n) is 4.65. The van der Waals surface area contributed by atoms with Crippen molar-refractivity contribution < 1.29 is 41.4 Å². The van der Waals surface area contributed by atoms with Gasteiger partial charge in [0.05, 0.1) is 33.2 Å². The molecular weight excluding hydrogens is 476 g/mol. The predicted octanol–water partition coefficient (Wildman–Crippen LogP) is 4.30. The molecule has 0 amide bonds. The van der Waals surface area contributed by atoms with Crippen LogP contribution in [0.2, 0.25) is 0 Å². The molecule has 2 aromatic carbocycles. The van der Waals surface area contributed by atoms with E-state index >= 15 is 0 Å². The van der Waals surface area contributed by atoms with Crippen molar-refractivity contribution in [3.8, 4) is 23.0 Å². The Balaban J connectivity index is 2.16. The minimum atomic E-state index is -3.67. The predicted molar refractivity (Wildman–Crippen MR) is 132 cm³/mol. The monoisotopic (exact) mass is 508 g/mol. The highest BCUT2D eigenvalue weighted by Crippen LogP contribution is 2.31. The Kier molecular flexibility index (Phi) is 10.7. The second-order valence-corrected chi connectivity index (χ2v) is 9.10. The Morgan fingerprint density at radius 2 is 1.69 bits per heavy atom. The van der Waals surface area contributed by atoms with E-state index in [4.69, 9.17) is 23.1 Å². The second-order valence-electron chi connectivity index (χ2n) is 7.53. The van der Waals surface area contributed by atoms with E-state index in [1.807, 2.05) is 0 Å². The van der Waals surface area contributed by atoms with Crippen LogP contribution in [-0.4, -0.2) is 52.7 Å². The van der Waals surface area contributed by atoms with Crippen LogP contribution >= 0.6 is 0 Å². The highest BCUT2D eigenvalue weighted by molar-refractivity contribution is 7.86. The number of aliphatic carboxylic acids is 1. The summed E-state index contributed by atoms with van der Waals surface area (Å²) in [4.78, 5) is 11.4. The summed E-state index contributed by atoms with van der Waals surface area (Å²) >= 11 is 0. The highest BCUT2D eigenvalue weighted by Gasteiger charge is 2.13. The van der Waals surface area contributed by atoms with Crippen LogP contribution in [0.15, 0.2) is 42.2 Å². The summed E-state index contributed by atoms with van der Waals surface area (Å²) < 4.78 is 50.0. The molecule has 0 saturated heterocycles. The summed E-state index contributed by atoms with van der Waals surface area (Å²) in [5.74, 6) is 0.138. The first-order valence-corrected chi connectivity index (χ1v) is 13.0. The van der Waals surface area contributed by atoms with Gasteiger partial charge in [0.15, 0.2) is 23.0 Å². The number of ether oxygens (including phenoxy) is 4. The number of methoxy groups -OCH3 is 1. The lowest BCUT2D eigenvalue weighted by atomic mass is 10.1. The lowest BCUT2D eigenvalue weighted by molar-refractivity contribution is -0.136. The zero-order valence-electron chi connectivity index (χ0n) is 20.4. The van der Waals surface area contributed by atoms with Crippen LogP contribution in [0, 0.1) is 0 Å². The molecule has 2 rings (SSSR count). The van der Waals surface area contributed by atoms with Crippen LogP contribution in [0.1, 0.15) is 37.8 Å². The van der Waals surface area contributed by atoms with Gasteiger partial charge in [-0.3, -0.25) is 0 Å². The van der Waals surface area contributed by atoms with E-state index in [-0.39, 0.29) is 18.1 Å². The Labute approximate surface area is 206 Å².